The molecular formula is C37H42FN7O8. The van der Waals surface area contributed by atoms with E-state index in [0.717, 1.165) is 16.7 Å². The standard InChI is InChI=1S/C37H42FN7O8/c1-21-9-14-26(38)23(18-21)19-31(47)42-24-12-10-22(11-13-24)25-6-5-7-29-34(25)35(40)44-45(29)32(48)8-3-2-4-17-41-30(46)20-27(39)36(51)43-28(37(52)53)15-16-33(49)50/h5-7,9-14,18,27-28H,2-4,8,15-17,19-20,39H2,1H3,(H2,40,44)(H,41,46)(H,42,47)(H,43,51)(H,49,50)(H,52,53)/t27-,28-/m0/s1. The Morgan fingerprint density at radius 1 is 0.925 bits per heavy atom. The van der Waals surface area contributed by atoms with Gasteiger partial charge in [-0.25, -0.2) is 9.18 Å². The van der Waals surface area contributed by atoms with Crippen LogP contribution in [0.15, 0.2) is 60.7 Å². The number of aryl methyl sites for hydroxylation is 1. The van der Waals surface area contributed by atoms with E-state index in [1.165, 1.54) is 10.7 Å². The second kappa shape index (κ2) is 18.4. The van der Waals surface area contributed by atoms with Crippen molar-refractivity contribution >= 4 is 58.0 Å². The molecule has 4 rings (SSSR count). The van der Waals surface area contributed by atoms with Crippen molar-refractivity contribution in [3.05, 3.63) is 77.6 Å². The zero-order valence-electron chi connectivity index (χ0n) is 29.1. The van der Waals surface area contributed by atoms with E-state index in [2.05, 4.69) is 21.0 Å². The van der Waals surface area contributed by atoms with Crippen molar-refractivity contribution in [2.75, 3.05) is 17.6 Å². The smallest absolute Gasteiger partial charge is 0.326 e. The maximum absolute atomic E-state index is 14.1. The van der Waals surface area contributed by atoms with Crippen LogP contribution in [-0.2, 0) is 30.4 Å². The maximum Gasteiger partial charge on any atom is 0.326 e. The number of hydrogen-bond acceptors (Lipinski definition) is 9. The topological polar surface area (TPSA) is 249 Å². The van der Waals surface area contributed by atoms with Gasteiger partial charge in [0.25, 0.3) is 0 Å². The lowest BCUT2D eigenvalue weighted by atomic mass is 10.0. The van der Waals surface area contributed by atoms with Gasteiger partial charge in [-0.05, 0) is 67.1 Å². The number of nitrogen functional groups attached to an aromatic ring is 1. The van der Waals surface area contributed by atoms with Crippen molar-refractivity contribution < 1.29 is 43.4 Å². The van der Waals surface area contributed by atoms with Crippen LogP contribution in [0.3, 0.4) is 0 Å². The third-order valence-electron chi connectivity index (χ3n) is 8.40. The Morgan fingerprint density at radius 2 is 1.66 bits per heavy atom. The summed E-state index contributed by atoms with van der Waals surface area (Å²) in [5, 5.41) is 30.4. The Labute approximate surface area is 303 Å². The third kappa shape index (κ3) is 11.2. The Morgan fingerprint density at radius 3 is 2.36 bits per heavy atom. The van der Waals surface area contributed by atoms with E-state index in [4.69, 9.17) is 16.6 Å². The number of rotatable bonds is 18. The number of hydrogen-bond donors (Lipinski definition) is 7. The van der Waals surface area contributed by atoms with Crippen LogP contribution in [0.5, 0.6) is 0 Å². The fourth-order valence-corrected chi connectivity index (χ4v) is 5.66. The van der Waals surface area contributed by atoms with E-state index in [0.29, 0.717) is 41.4 Å². The van der Waals surface area contributed by atoms with Gasteiger partial charge in [-0.1, -0.05) is 48.4 Å². The number of aromatic nitrogens is 2. The van der Waals surface area contributed by atoms with Crippen LogP contribution in [0.2, 0.25) is 0 Å². The number of amides is 3. The minimum Gasteiger partial charge on any atom is -0.481 e. The number of fused-ring (bicyclic) bond motifs is 1. The molecule has 2 atom stereocenters. The molecule has 16 heteroatoms. The highest BCUT2D eigenvalue weighted by atomic mass is 19.1. The molecule has 1 aromatic heterocycles. The fraction of sp³-hybridized carbons (Fsp3) is 0.324. The van der Waals surface area contributed by atoms with Gasteiger partial charge < -0.3 is 37.6 Å². The minimum absolute atomic E-state index is 0.106. The van der Waals surface area contributed by atoms with Gasteiger partial charge in [-0.3, -0.25) is 24.0 Å². The van der Waals surface area contributed by atoms with Crippen molar-refractivity contribution in [1.29, 1.82) is 0 Å². The van der Waals surface area contributed by atoms with Gasteiger partial charge in [-0.15, -0.1) is 5.10 Å². The molecule has 9 N–H and O–H groups in total. The second-order valence-corrected chi connectivity index (χ2v) is 12.6. The van der Waals surface area contributed by atoms with Gasteiger partial charge in [-0.2, -0.15) is 4.68 Å². The lowest BCUT2D eigenvalue weighted by molar-refractivity contribution is -0.143. The van der Waals surface area contributed by atoms with Gasteiger partial charge in [0, 0.05) is 25.1 Å². The Kier molecular flexibility index (Phi) is 13.7. The van der Waals surface area contributed by atoms with Gasteiger partial charge in [0.15, 0.2) is 5.82 Å². The molecule has 3 aromatic carbocycles. The number of carbonyl (C=O) groups is 6. The van der Waals surface area contributed by atoms with Crippen molar-refractivity contribution in [3.8, 4) is 11.1 Å². The van der Waals surface area contributed by atoms with Crippen molar-refractivity contribution in [1.82, 2.24) is 20.4 Å². The summed E-state index contributed by atoms with van der Waals surface area (Å²) >= 11 is 0. The van der Waals surface area contributed by atoms with E-state index in [-0.39, 0.29) is 43.4 Å². The van der Waals surface area contributed by atoms with Crippen LogP contribution in [0.25, 0.3) is 22.0 Å². The molecule has 0 bridgehead atoms. The van der Waals surface area contributed by atoms with E-state index < -0.39 is 54.5 Å². The molecule has 0 radical (unpaired) electrons. The third-order valence-corrected chi connectivity index (χ3v) is 8.40. The number of carboxylic acid groups (broad SMARTS) is 2. The number of nitrogens with zero attached hydrogens (tertiary/aromatic N) is 2. The summed E-state index contributed by atoms with van der Waals surface area (Å²) in [6.45, 7) is 2.08. The van der Waals surface area contributed by atoms with Crippen LogP contribution in [0, 0.1) is 12.7 Å². The fourth-order valence-electron chi connectivity index (χ4n) is 5.66. The van der Waals surface area contributed by atoms with Gasteiger partial charge in [0.2, 0.25) is 23.6 Å². The molecule has 0 saturated heterocycles. The number of carbonyl (C=O) groups excluding carboxylic acids is 4. The summed E-state index contributed by atoms with van der Waals surface area (Å²) in [5.74, 6) is -4.92. The van der Waals surface area contributed by atoms with Crippen LogP contribution >= 0.6 is 0 Å². The molecule has 0 aliphatic carbocycles. The Bertz CT molecular complexity index is 2000. The molecule has 0 unspecified atom stereocenters. The molecule has 0 aliphatic heterocycles. The normalized spacial score (nSPS) is 12.1. The maximum atomic E-state index is 14.1. The molecule has 280 valence electrons. The van der Waals surface area contributed by atoms with Gasteiger partial charge >= 0.3 is 11.9 Å². The molecule has 4 aromatic rings. The summed E-state index contributed by atoms with van der Waals surface area (Å²) in [4.78, 5) is 72.2. The first-order valence-corrected chi connectivity index (χ1v) is 17.0. The predicted molar refractivity (Wildman–Crippen MR) is 194 cm³/mol. The number of anilines is 2. The molecule has 1 heterocycles. The lowest BCUT2D eigenvalue weighted by Gasteiger charge is -2.17. The molecule has 0 fully saturated rings. The first-order valence-electron chi connectivity index (χ1n) is 17.0. The summed E-state index contributed by atoms with van der Waals surface area (Å²) < 4.78 is 15.4. The van der Waals surface area contributed by atoms with Gasteiger partial charge in [0.1, 0.15) is 11.9 Å². The monoisotopic (exact) mass is 731 g/mol. The summed E-state index contributed by atoms with van der Waals surface area (Å²) in [5.41, 5.74) is 15.8. The van der Waals surface area contributed by atoms with Crippen molar-refractivity contribution in [2.45, 2.75) is 70.4 Å². The highest BCUT2D eigenvalue weighted by molar-refractivity contribution is 6.05. The Balaban J connectivity index is 1.24. The molecule has 0 aliphatic rings. The molecule has 3 amide bonds. The number of aliphatic carboxylic acids is 2. The van der Waals surface area contributed by atoms with Gasteiger partial charge in [0.05, 0.1) is 29.8 Å². The number of nitrogens with one attached hydrogen (secondary N) is 3. The molecule has 0 saturated carbocycles. The highest BCUT2D eigenvalue weighted by Crippen LogP contribution is 2.33. The summed E-state index contributed by atoms with van der Waals surface area (Å²) in [6.07, 6.45) is 0.471. The number of unbranched alkanes of at least 4 members (excludes halogenated alkanes) is 2. The average Bonchev–Trinajstić information content (AvgIpc) is 3.46. The second-order valence-electron chi connectivity index (χ2n) is 12.6. The molecule has 53 heavy (non-hydrogen) atoms. The van der Waals surface area contributed by atoms with Crippen LogP contribution < -0.4 is 27.4 Å². The number of nitrogens with two attached hydrogens (primary N) is 2. The largest absolute Gasteiger partial charge is 0.481 e. The first-order chi connectivity index (χ1) is 25.2. The lowest BCUT2D eigenvalue weighted by Crippen LogP contribution is -2.50. The molecular weight excluding hydrogens is 689 g/mol. The van der Waals surface area contributed by atoms with Crippen LogP contribution in [0.1, 0.15) is 60.9 Å². The number of carboxylic acids is 2. The zero-order chi connectivity index (χ0) is 38.7. The summed E-state index contributed by atoms with van der Waals surface area (Å²) in [7, 11) is 0. The quantitative estimate of drug-likeness (QED) is 0.0731. The van der Waals surface area contributed by atoms with Crippen molar-refractivity contribution in [3.63, 3.8) is 0 Å². The van der Waals surface area contributed by atoms with E-state index in [1.807, 2.05) is 13.0 Å². The zero-order valence-corrected chi connectivity index (χ0v) is 29.1. The van der Waals surface area contributed by atoms with Crippen LogP contribution in [-0.4, -0.2) is 74.2 Å². The molecule has 0 spiro atoms. The minimum atomic E-state index is -1.45. The van der Waals surface area contributed by atoms with E-state index >= 15 is 0 Å². The highest BCUT2D eigenvalue weighted by Gasteiger charge is 2.25. The Hall–Kier alpha value is -6.16. The summed E-state index contributed by atoms with van der Waals surface area (Å²) in [6, 6.07) is 14.3. The number of benzene rings is 3. The molecule has 15 nitrogen and oxygen atoms in total. The number of halogens is 1. The van der Waals surface area contributed by atoms with E-state index in [9.17, 15) is 38.3 Å². The average molecular weight is 732 g/mol. The van der Waals surface area contributed by atoms with Crippen molar-refractivity contribution in [2.24, 2.45) is 5.73 Å². The first kappa shape index (κ1) is 39.6. The van der Waals surface area contributed by atoms with E-state index in [1.54, 1.807) is 48.5 Å². The predicted octanol–water partition coefficient (Wildman–Crippen LogP) is 3.38. The van der Waals surface area contributed by atoms with Crippen LogP contribution in [0.4, 0.5) is 15.9 Å². The SMILES string of the molecule is Cc1ccc(F)c(CC(=O)Nc2ccc(-c3cccc4c3c(N)nn4C(=O)CCCCCNC(=O)C[C@H](N)C(=O)N[C@@H](CCC(=O)O)C(=O)O)cc2)c1.